The molecule has 23 nitrogen and oxygen atoms in total. The van der Waals surface area contributed by atoms with Gasteiger partial charge < -0.3 is 86.8 Å². The molecule has 0 spiro atoms. The number of hydrogen-bond donors (Lipinski definition) is 11. The number of unbranched alkanes of at least 4 members (excludes halogenated alkanes) is 3. The summed E-state index contributed by atoms with van der Waals surface area (Å²) in [5, 5.41) is 63.4. The van der Waals surface area contributed by atoms with Gasteiger partial charge in [-0.3, -0.25) is 28.8 Å². The second kappa shape index (κ2) is 36.7. The molecule has 0 bridgehead atoms. The Morgan fingerprint density at radius 2 is 0.657 bits per heavy atom. The van der Waals surface area contributed by atoms with Crippen LogP contribution in [0.3, 0.4) is 0 Å². The fraction of sp³-hybridized carbons (Fsp3) is 0.185. The van der Waals surface area contributed by atoms with Gasteiger partial charge in [-0.05, 0) is 187 Å². The number of ether oxygens (including phenoxy) is 3. The van der Waals surface area contributed by atoms with Crippen molar-refractivity contribution in [1.82, 2.24) is 0 Å². The number of hydrogen-bond acceptors (Lipinski definition) is 20. The van der Waals surface area contributed by atoms with E-state index < -0.39 is 11.7 Å². The van der Waals surface area contributed by atoms with Gasteiger partial charge in [0, 0.05) is 89.6 Å². The van der Waals surface area contributed by atoms with E-state index in [1.807, 2.05) is 136 Å². The number of primary amides is 3. The van der Waals surface area contributed by atoms with Gasteiger partial charge in [-0.1, -0.05) is 91.0 Å². The van der Waals surface area contributed by atoms with E-state index in [4.69, 9.17) is 56.1 Å². The number of carbonyl (C=O) groups is 6. The van der Waals surface area contributed by atoms with Crippen LogP contribution in [0.1, 0.15) is 140 Å². The van der Waals surface area contributed by atoms with Gasteiger partial charge in [-0.15, -0.1) is 0 Å². The zero-order chi connectivity index (χ0) is 77.5. The molecule has 12 rings (SSSR count). The number of fused-ring (bicyclic) bond motifs is 3. The Labute approximate surface area is 662 Å². The maximum Gasteiger partial charge on any atom is 0.217 e. The monoisotopic (exact) mass is 1820 g/mol. The van der Waals surface area contributed by atoms with Crippen LogP contribution in [0.4, 0.5) is 11.4 Å². The number of amides is 3. The molecule has 0 unspecified atom stereocenters. The molecule has 0 saturated heterocycles. The van der Waals surface area contributed by atoms with Crippen molar-refractivity contribution in [1.29, 1.82) is 0 Å². The molecule has 558 valence electrons. The number of phenols is 6. The lowest BCUT2D eigenvalue weighted by Crippen LogP contribution is -2.10. The largest absolute Gasteiger partial charge is 0.506 e. The zero-order valence-corrected chi connectivity index (χ0v) is 65.2. The highest BCUT2D eigenvalue weighted by Gasteiger charge is 2.29. The van der Waals surface area contributed by atoms with E-state index in [-0.39, 0.29) is 137 Å². The maximum absolute atomic E-state index is 13.7. The lowest BCUT2D eigenvalue weighted by atomic mass is 9.97. The minimum Gasteiger partial charge on any atom is -0.506 e. The molecule has 0 saturated carbocycles. The summed E-state index contributed by atoms with van der Waals surface area (Å²) in [5.41, 5.74) is 33.0. The zero-order valence-electron chi connectivity index (χ0n) is 57.7. The predicted octanol–water partition coefficient (Wildman–Crippen LogP) is 16.5. The quantitative estimate of drug-likeness (QED) is 0.00655. The van der Waals surface area contributed by atoms with Crippen LogP contribution in [0.15, 0.2) is 186 Å². The van der Waals surface area contributed by atoms with E-state index in [2.05, 4.69) is 31.9 Å². The molecule has 0 aliphatic carbocycles. The minimum atomic E-state index is -0.436. The van der Waals surface area contributed by atoms with Gasteiger partial charge >= 0.3 is 0 Å². The first-order chi connectivity index (χ1) is 51.7. The number of aromatic hydroxyl groups is 6. The molecular formula is C81H73Br2I2N5O18. The second-order valence-corrected chi connectivity index (χ2v) is 29.1. The molecule has 12 aromatic rings. The number of ketones is 3. The van der Waals surface area contributed by atoms with Crippen molar-refractivity contribution in [2.45, 2.75) is 96.9 Å². The third-order valence-electron chi connectivity index (χ3n) is 17.1. The molecule has 0 aliphatic rings. The topological polar surface area (TPSA) is 421 Å². The number of nitrogens with two attached hydrogens (primary N) is 5. The normalized spacial score (nSPS) is 11.0. The fourth-order valence-electron chi connectivity index (χ4n) is 11.7. The van der Waals surface area contributed by atoms with Crippen LogP contribution in [-0.2, 0) is 53.5 Å². The number of furan rings is 3. The third-order valence-corrected chi connectivity index (χ3v) is 20.0. The van der Waals surface area contributed by atoms with Crippen LogP contribution in [-0.4, -0.2) is 65.7 Å². The Bertz CT molecular complexity index is 4750. The molecule has 16 N–H and O–H groups in total. The van der Waals surface area contributed by atoms with E-state index in [9.17, 15) is 59.4 Å². The molecule has 0 aliphatic heterocycles. The van der Waals surface area contributed by atoms with E-state index in [0.29, 0.717) is 146 Å². The van der Waals surface area contributed by atoms with Crippen molar-refractivity contribution >= 4 is 156 Å². The molecule has 0 radical (unpaired) electrons. The molecule has 0 atom stereocenters. The Hall–Kier alpha value is -10.8. The highest BCUT2D eigenvalue weighted by Crippen LogP contribution is 2.44. The van der Waals surface area contributed by atoms with Crippen molar-refractivity contribution in [3.8, 4) is 51.7 Å². The van der Waals surface area contributed by atoms with Crippen molar-refractivity contribution in [3.05, 3.63) is 247 Å². The van der Waals surface area contributed by atoms with Crippen LogP contribution < -0.4 is 42.9 Å². The van der Waals surface area contributed by atoms with E-state index >= 15 is 0 Å². The first-order valence-electron chi connectivity index (χ1n) is 33.8. The number of benzene rings is 9. The smallest absolute Gasteiger partial charge is 0.217 e. The SMILES string of the molecule is NC(=O)CCCCc1oc2cc(OCc3ccccc3)c(O)cc2c1C(=O)c1cc(Br)c(O)c(Br)c1.NC(=O)CCCCc1oc2cc(OCc3ccccc3)c(O)cc2c1C(=O)c1cc(I)c(O)c(I)c1.NC(=O)CCCCc1oc2cc(OCc3ccccc3)c(O)cc2c1C(=O)c1cc(N)c(O)c(N)c1. The Kier molecular flexibility index (Phi) is 27.1. The molecule has 9 aromatic carbocycles. The van der Waals surface area contributed by atoms with E-state index in [1.54, 1.807) is 24.3 Å². The van der Waals surface area contributed by atoms with Crippen LogP contribution in [0.5, 0.6) is 51.7 Å². The van der Waals surface area contributed by atoms with Crippen LogP contribution in [0.25, 0.3) is 32.9 Å². The highest BCUT2D eigenvalue weighted by atomic mass is 127. The molecular weight excluding hydrogens is 1740 g/mol. The average Bonchev–Trinajstić information content (AvgIpc) is 1.62. The first kappa shape index (κ1) is 79.8. The van der Waals surface area contributed by atoms with Gasteiger partial charge in [0.25, 0.3) is 0 Å². The lowest BCUT2D eigenvalue weighted by molar-refractivity contribution is -0.119. The van der Waals surface area contributed by atoms with E-state index in [1.165, 1.54) is 48.5 Å². The van der Waals surface area contributed by atoms with Crippen molar-refractivity contribution in [3.63, 3.8) is 0 Å². The Morgan fingerprint density at radius 1 is 0.370 bits per heavy atom. The van der Waals surface area contributed by atoms with Gasteiger partial charge in [-0.25, -0.2) is 0 Å². The molecule has 0 fully saturated rings. The summed E-state index contributed by atoms with van der Waals surface area (Å²) in [6.45, 7) is 0.747. The summed E-state index contributed by atoms with van der Waals surface area (Å²) in [4.78, 5) is 74.2. The first-order valence-corrected chi connectivity index (χ1v) is 37.6. The van der Waals surface area contributed by atoms with Crippen molar-refractivity contribution < 1.29 is 86.9 Å². The molecule has 3 aromatic heterocycles. The number of anilines is 2. The van der Waals surface area contributed by atoms with Gasteiger partial charge in [0.15, 0.2) is 57.6 Å². The third kappa shape index (κ3) is 20.1. The summed E-state index contributed by atoms with van der Waals surface area (Å²) < 4.78 is 37.5. The summed E-state index contributed by atoms with van der Waals surface area (Å²) >= 11 is 10.5. The standard InChI is InChI=1S/C27H23Br2NO6.C27H23I2NO6.C27H27N3O6/c3*28-18-10-16(11-19(29)27(18)34)26(33)25-17-12-20(31)23(35-14-15-6-2-1-3-7-15)13-22(17)36-21(25)8-4-5-9-24(30)32/h2*1-3,6-7,10-13,31,34H,4-5,8-9,14H2,(H2,30,32);1-3,6-7,10-13,31,34H,4-5,8-9,14,28-29H2,(H2,30,32). The van der Waals surface area contributed by atoms with Gasteiger partial charge in [0.1, 0.15) is 65.3 Å². The average molecular weight is 1820 g/mol. The van der Waals surface area contributed by atoms with Gasteiger partial charge in [0.2, 0.25) is 17.7 Å². The van der Waals surface area contributed by atoms with Crippen LogP contribution in [0, 0.1) is 7.14 Å². The highest BCUT2D eigenvalue weighted by molar-refractivity contribution is 14.1. The maximum atomic E-state index is 13.7. The van der Waals surface area contributed by atoms with Crippen LogP contribution >= 0.6 is 77.0 Å². The molecule has 3 amide bonds. The van der Waals surface area contributed by atoms with Gasteiger partial charge in [0.05, 0.1) is 44.2 Å². The predicted molar refractivity (Wildman–Crippen MR) is 430 cm³/mol. The summed E-state index contributed by atoms with van der Waals surface area (Å²) in [5.74, 6) is -0.872. The lowest BCUT2D eigenvalue weighted by Gasteiger charge is -2.09. The number of aryl methyl sites for hydroxylation is 3. The summed E-state index contributed by atoms with van der Waals surface area (Å²) in [6.07, 6.45) is 5.21. The fourth-order valence-corrected chi connectivity index (χ4v) is 14.7. The number of halogens is 4. The van der Waals surface area contributed by atoms with Crippen LogP contribution in [0.2, 0.25) is 0 Å². The number of phenolic OH excluding ortho intramolecular Hbond substituents is 6. The Morgan fingerprint density at radius 3 is 0.954 bits per heavy atom. The van der Waals surface area contributed by atoms with Crippen molar-refractivity contribution in [2.75, 3.05) is 11.5 Å². The minimum absolute atomic E-state index is 0.0203. The molecule has 108 heavy (non-hydrogen) atoms. The summed E-state index contributed by atoms with van der Waals surface area (Å²) in [7, 11) is 0. The second-order valence-electron chi connectivity index (χ2n) is 25.1. The number of carbonyl (C=O) groups excluding carboxylic acids is 6. The van der Waals surface area contributed by atoms with Gasteiger partial charge in [-0.2, -0.15) is 0 Å². The Balaban J connectivity index is 0.000000173. The number of nitrogen functional groups attached to an aromatic ring is 2. The summed E-state index contributed by atoms with van der Waals surface area (Å²) in [6, 6.07) is 46.6. The van der Waals surface area contributed by atoms with Crippen molar-refractivity contribution in [2.24, 2.45) is 17.2 Å². The molecule has 3 heterocycles. The number of rotatable bonds is 30. The van der Waals surface area contributed by atoms with E-state index in [0.717, 1.165) is 16.7 Å². The molecule has 27 heteroatoms.